The lowest BCUT2D eigenvalue weighted by atomic mass is 9.88. The molecular formula is C18H23N3O3. The average Bonchev–Trinajstić information content (AvgIpc) is 3.12. The first-order valence-electron chi connectivity index (χ1n) is 8.46. The smallest absolute Gasteiger partial charge is 0.249 e. The Bertz CT molecular complexity index is 692. The zero-order valence-corrected chi connectivity index (χ0v) is 14.1. The highest BCUT2D eigenvalue weighted by Gasteiger charge is 2.25. The number of hydrogen-bond acceptors (Lipinski definition) is 5. The Balaban J connectivity index is 1.69. The van der Waals surface area contributed by atoms with Crippen molar-refractivity contribution in [2.24, 2.45) is 5.92 Å². The minimum Gasteiger partial charge on any atom is -0.496 e. The molecule has 1 aliphatic rings. The molecule has 1 aliphatic carbocycles. The molecule has 6 nitrogen and oxygen atoms in total. The molecule has 0 aliphatic heterocycles. The van der Waals surface area contributed by atoms with Crippen molar-refractivity contribution in [2.75, 3.05) is 7.11 Å². The van der Waals surface area contributed by atoms with Crippen molar-refractivity contribution in [1.82, 2.24) is 15.5 Å². The summed E-state index contributed by atoms with van der Waals surface area (Å²) >= 11 is 0. The van der Waals surface area contributed by atoms with Crippen LogP contribution in [0.1, 0.15) is 51.0 Å². The molecule has 2 aromatic rings. The fourth-order valence-corrected chi connectivity index (χ4v) is 3.11. The van der Waals surface area contributed by atoms with E-state index < -0.39 is 0 Å². The first-order chi connectivity index (χ1) is 11.7. The number of ether oxygens (including phenoxy) is 1. The van der Waals surface area contributed by atoms with Gasteiger partial charge in [-0.05, 0) is 31.9 Å². The summed E-state index contributed by atoms with van der Waals surface area (Å²) in [6.45, 7) is 1.86. The van der Waals surface area contributed by atoms with Gasteiger partial charge in [0.25, 0.3) is 0 Å². The quantitative estimate of drug-likeness (QED) is 0.908. The summed E-state index contributed by atoms with van der Waals surface area (Å²) in [7, 11) is 1.60. The van der Waals surface area contributed by atoms with E-state index in [1.807, 2.05) is 31.2 Å². The van der Waals surface area contributed by atoms with E-state index >= 15 is 0 Å². The van der Waals surface area contributed by atoms with Crippen molar-refractivity contribution in [3.05, 3.63) is 30.2 Å². The van der Waals surface area contributed by atoms with Crippen LogP contribution in [0.5, 0.6) is 5.75 Å². The summed E-state index contributed by atoms with van der Waals surface area (Å²) in [4.78, 5) is 16.8. The van der Waals surface area contributed by atoms with Gasteiger partial charge in [0.05, 0.1) is 12.7 Å². The number of aromatic nitrogens is 2. The van der Waals surface area contributed by atoms with Gasteiger partial charge in [-0.15, -0.1) is 0 Å². The van der Waals surface area contributed by atoms with Gasteiger partial charge in [0.15, 0.2) is 0 Å². The molecule has 1 fully saturated rings. The van der Waals surface area contributed by atoms with Crippen molar-refractivity contribution in [3.8, 4) is 17.1 Å². The first-order valence-corrected chi connectivity index (χ1v) is 8.46. The zero-order chi connectivity index (χ0) is 16.9. The number of amides is 1. The van der Waals surface area contributed by atoms with Gasteiger partial charge < -0.3 is 14.6 Å². The van der Waals surface area contributed by atoms with E-state index in [0.717, 1.165) is 31.2 Å². The van der Waals surface area contributed by atoms with Gasteiger partial charge >= 0.3 is 0 Å². The van der Waals surface area contributed by atoms with Crippen molar-refractivity contribution in [3.63, 3.8) is 0 Å². The molecule has 3 rings (SSSR count). The van der Waals surface area contributed by atoms with E-state index in [-0.39, 0.29) is 17.9 Å². The van der Waals surface area contributed by atoms with Crippen molar-refractivity contribution in [2.45, 2.75) is 45.1 Å². The van der Waals surface area contributed by atoms with Gasteiger partial charge in [0.2, 0.25) is 17.6 Å². The fraction of sp³-hybridized carbons (Fsp3) is 0.500. The number of para-hydroxylation sites is 1. The SMILES string of the molecule is COc1ccccc1-c1noc([C@H](C)NC(=O)C2CCCCC2)n1. The number of methoxy groups -OCH3 is 1. The standard InChI is InChI=1S/C18H23N3O3/c1-12(19-17(22)13-8-4-3-5-9-13)18-20-16(21-24-18)14-10-6-7-11-15(14)23-2/h6-7,10-13H,3-5,8-9H2,1-2H3,(H,19,22)/t12-/m0/s1. The molecule has 1 atom stereocenters. The van der Waals surface area contributed by atoms with Crippen LogP contribution in [0.3, 0.4) is 0 Å². The maximum absolute atomic E-state index is 12.3. The average molecular weight is 329 g/mol. The van der Waals surface area contributed by atoms with Crippen LogP contribution in [0.25, 0.3) is 11.4 Å². The molecule has 6 heteroatoms. The van der Waals surface area contributed by atoms with Crippen LogP contribution in [-0.2, 0) is 4.79 Å². The van der Waals surface area contributed by atoms with Crippen molar-refractivity contribution >= 4 is 5.91 Å². The lowest BCUT2D eigenvalue weighted by Crippen LogP contribution is -2.33. The Morgan fingerprint density at radius 2 is 2.04 bits per heavy atom. The Hall–Kier alpha value is -2.37. The summed E-state index contributed by atoms with van der Waals surface area (Å²) in [5.41, 5.74) is 0.765. The monoisotopic (exact) mass is 329 g/mol. The third kappa shape index (κ3) is 3.58. The third-order valence-corrected chi connectivity index (χ3v) is 4.49. The van der Waals surface area contributed by atoms with Gasteiger partial charge in [-0.3, -0.25) is 4.79 Å². The predicted octanol–water partition coefficient (Wildman–Crippen LogP) is 3.50. The number of benzene rings is 1. The summed E-state index contributed by atoms with van der Waals surface area (Å²) < 4.78 is 10.7. The van der Waals surface area contributed by atoms with Crippen LogP contribution in [0.15, 0.2) is 28.8 Å². The lowest BCUT2D eigenvalue weighted by molar-refractivity contribution is -0.126. The van der Waals surface area contributed by atoms with E-state index in [4.69, 9.17) is 9.26 Å². The Kier molecular flexibility index (Phi) is 5.13. The van der Waals surface area contributed by atoms with Crippen LogP contribution < -0.4 is 10.1 Å². The van der Waals surface area contributed by atoms with Gasteiger partial charge in [-0.1, -0.05) is 36.6 Å². The second kappa shape index (κ2) is 7.47. The molecule has 0 spiro atoms. The van der Waals surface area contributed by atoms with Crippen molar-refractivity contribution in [1.29, 1.82) is 0 Å². The van der Waals surface area contributed by atoms with Crippen molar-refractivity contribution < 1.29 is 14.1 Å². The molecule has 1 aromatic carbocycles. The molecule has 0 radical (unpaired) electrons. The summed E-state index contributed by atoms with van der Waals surface area (Å²) in [6, 6.07) is 7.19. The highest BCUT2D eigenvalue weighted by molar-refractivity contribution is 5.79. The summed E-state index contributed by atoms with van der Waals surface area (Å²) in [6.07, 6.45) is 5.42. The van der Waals surface area contributed by atoms with Gasteiger partial charge in [-0.2, -0.15) is 4.98 Å². The molecule has 1 N–H and O–H groups in total. The molecule has 1 heterocycles. The second-order valence-electron chi connectivity index (χ2n) is 6.22. The van der Waals surface area contributed by atoms with E-state index in [1.165, 1.54) is 6.42 Å². The van der Waals surface area contributed by atoms with Crippen LogP contribution in [-0.4, -0.2) is 23.2 Å². The normalized spacial score (nSPS) is 16.6. The highest BCUT2D eigenvalue weighted by atomic mass is 16.5. The molecule has 24 heavy (non-hydrogen) atoms. The number of rotatable bonds is 5. The number of hydrogen-bond donors (Lipinski definition) is 1. The minimum absolute atomic E-state index is 0.0826. The molecule has 1 saturated carbocycles. The van der Waals surface area contributed by atoms with E-state index in [2.05, 4.69) is 15.5 Å². The van der Waals surface area contributed by atoms with E-state index in [9.17, 15) is 4.79 Å². The van der Waals surface area contributed by atoms with E-state index in [1.54, 1.807) is 7.11 Å². The highest BCUT2D eigenvalue weighted by Crippen LogP contribution is 2.28. The van der Waals surface area contributed by atoms with E-state index in [0.29, 0.717) is 17.5 Å². The van der Waals surface area contributed by atoms with Crippen LogP contribution in [0.4, 0.5) is 0 Å². The number of carbonyl (C=O) groups excluding carboxylic acids is 1. The van der Waals surface area contributed by atoms with Crippen LogP contribution >= 0.6 is 0 Å². The Labute approximate surface area is 141 Å². The summed E-state index contributed by atoms with van der Waals surface area (Å²) in [5.74, 6) is 1.74. The molecule has 0 saturated heterocycles. The molecule has 128 valence electrons. The molecule has 0 bridgehead atoms. The summed E-state index contributed by atoms with van der Waals surface area (Å²) in [5, 5.41) is 7.01. The van der Waals surface area contributed by atoms with Gasteiger partial charge in [0, 0.05) is 5.92 Å². The molecule has 1 aromatic heterocycles. The maximum atomic E-state index is 12.3. The Morgan fingerprint density at radius 1 is 1.29 bits per heavy atom. The second-order valence-corrected chi connectivity index (χ2v) is 6.22. The predicted molar refractivity (Wildman–Crippen MR) is 89.4 cm³/mol. The van der Waals surface area contributed by atoms with Crippen LogP contribution in [0.2, 0.25) is 0 Å². The number of nitrogens with one attached hydrogen (secondary N) is 1. The van der Waals surface area contributed by atoms with Crippen LogP contribution in [0, 0.1) is 5.92 Å². The first kappa shape index (κ1) is 16.5. The maximum Gasteiger partial charge on any atom is 0.249 e. The lowest BCUT2D eigenvalue weighted by Gasteiger charge is -2.22. The number of nitrogens with zero attached hydrogens (tertiary/aromatic N) is 2. The largest absolute Gasteiger partial charge is 0.496 e. The molecular weight excluding hydrogens is 306 g/mol. The third-order valence-electron chi connectivity index (χ3n) is 4.49. The van der Waals surface area contributed by atoms with Gasteiger partial charge in [0.1, 0.15) is 11.8 Å². The zero-order valence-electron chi connectivity index (χ0n) is 14.1. The topological polar surface area (TPSA) is 77.3 Å². The molecule has 0 unspecified atom stereocenters. The Morgan fingerprint density at radius 3 is 2.79 bits per heavy atom. The number of carbonyl (C=O) groups is 1. The fourth-order valence-electron chi connectivity index (χ4n) is 3.11. The molecule has 1 amide bonds. The van der Waals surface area contributed by atoms with Gasteiger partial charge in [-0.25, -0.2) is 0 Å². The minimum atomic E-state index is -0.310.